The Morgan fingerprint density at radius 3 is 2.75 bits per heavy atom. The topological polar surface area (TPSA) is 66.5 Å². The maximum Gasteiger partial charge on any atom is 0.243 e. The summed E-state index contributed by atoms with van der Waals surface area (Å²) >= 11 is 6.06. The fraction of sp³-hybridized carbons (Fsp3) is 0.235. The number of para-hydroxylation sites is 1. The summed E-state index contributed by atoms with van der Waals surface area (Å²) < 4.78 is 23.3. The third-order valence-corrected chi connectivity index (χ3v) is 5.40. The average Bonchev–Trinajstić information content (AvgIpc) is 2.91. The van der Waals surface area contributed by atoms with Crippen molar-refractivity contribution in [3.8, 4) is 0 Å². The lowest BCUT2D eigenvalue weighted by Crippen LogP contribution is -2.32. The number of hydrogen-bond donors (Lipinski definition) is 1. The smallest absolute Gasteiger partial charge is 0.243 e. The van der Waals surface area contributed by atoms with Crippen molar-refractivity contribution in [3.63, 3.8) is 0 Å². The Balaban J connectivity index is 1.74. The van der Waals surface area contributed by atoms with Crippen molar-refractivity contribution < 1.29 is 13.2 Å². The molecule has 24 heavy (non-hydrogen) atoms. The molecule has 5 nitrogen and oxygen atoms in total. The van der Waals surface area contributed by atoms with Gasteiger partial charge < -0.3 is 10.2 Å². The summed E-state index contributed by atoms with van der Waals surface area (Å²) in [5.41, 5.74) is 2.59. The highest BCUT2D eigenvalue weighted by Crippen LogP contribution is 2.28. The highest BCUT2D eigenvalue weighted by Gasteiger charge is 2.21. The SMILES string of the molecule is CS(=O)(=O)c1ccc(Cl)c(NC(=O)CN2CCc3ccccc32)c1. The number of halogens is 1. The molecular weight excluding hydrogens is 348 g/mol. The van der Waals surface area contributed by atoms with Gasteiger partial charge in [0.25, 0.3) is 0 Å². The molecule has 0 aliphatic carbocycles. The first kappa shape index (κ1) is 16.8. The minimum Gasteiger partial charge on any atom is -0.362 e. The molecule has 7 heteroatoms. The first-order chi connectivity index (χ1) is 11.3. The second-order valence-electron chi connectivity index (χ2n) is 5.76. The molecular formula is C17H17ClN2O3S. The van der Waals surface area contributed by atoms with Gasteiger partial charge in [-0.1, -0.05) is 29.8 Å². The van der Waals surface area contributed by atoms with Crippen LogP contribution in [0, 0.1) is 0 Å². The summed E-state index contributed by atoms with van der Waals surface area (Å²) in [5.74, 6) is -0.237. The zero-order chi connectivity index (χ0) is 17.3. The van der Waals surface area contributed by atoms with E-state index in [9.17, 15) is 13.2 Å². The van der Waals surface area contributed by atoms with Crippen molar-refractivity contribution in [1.29, 1.82) is 0 Å². The minimum absolute atomic E-state index is 0.119. The number of nitrogens with zero attached hydrogens (tertiary/aromatic N) is 1. The second kappa shape index (κ2) is 6.45. The molecule has 1 N–H and O–H groups in total. The van der Waals surface area contributed by atoms with E-state index >= 15 is 0 Å². The lowest BCUT2D eigenvalue weighted by atomic mass is 10.2. The van der Waals surface area contributed by atoms with Crippen LogP contribution in [0.4, 0.5) is 11.4 Å². The molecule has 0 atom stereocenters. The Hall–Kier alpha value is -2.05. The van der Waals surface area contributed by atoms with E-state index in [1.54, 1.807) is 0 Å². The third-order valence-electron chi connectivity index (χ3n) is 3.96. The molecule has 1 aliphatic heterocycles. The van der Waals surface area contributed by atoms with Crippen LogP contribution in [0.25, 0.3) is 0 Å². The van der Waals surface area contributed by atoms with E-state index in [4.69, 9.17) is 11.6 Å². The molecule has 0 spiro atoms. The minimum atomic E-state index is -3.36. The van der Waals surface area contributed by atoms with Crippen molar-refractivity contribution in [1.82, 2.24) is 0 Å². The third kappa shape index (κ3) is 3.55. The lowest BCUT2D eigenvalue weighted by Gasteiger charge is -2.19. The molecule has 126 valence electrons. The first-order valence-corrected chi connectivity index (χ1v) is 9.74. The van der Waals surface area contributed by atoms with Crippen LogP contribution in [-0.4, -0.2) is 33.7 Å². The zero-order valence-electron chi connectivity index (χ0n) is 13.1. The maximum atomic E-state index is 12.3. The fourth-order valence-corrected chi connectivity index (χ4v) is 3.58. The van der Waals surface area contributed by atoms with Gasteiger partial charge in [0.1, 0.15) is 0 Å². The highest BCUT2D eigenvalue weighted by atomic mass is 35.5. The molecule has 0 radical (unpaired) electrons. The average molecular weight is 365 g/mol. The van der Waals surface area contributed by atoms with E-state index in [0.717, 1.165) is 24.9 Å². The summed E-state index contributed by atoms with van der Waals surface area (Å²) in [4.78, 5) is 14.4. The van der Waals surface area contributed by atoms with Crippen molar-refractivity contribution in [2.75, 3.05) is 29.6 Å². The summed E-state index contributed by atoms with van der Waals surface area (Å²) in [6.45, 7) is 0.973. The number of rotatable bonds is 4. The van der Waals surface area contributed by atoms with E-state index in [1.807, 2.05) is 23.1 Å². The quantitative estimate of drug-likeness (QED) is 0.905. The Labute approximate surface area is 146 Å². The maximum absolute atomic E-state index is 12.3. The lowest BCUT2D eigenvalue weighted by molar-refractivity contribution is -0.115. The Morgan fingerprint density at radius 1 is 1.25 bits per heavy atom. The van der Waals surface area contributed by atoms with Crippen LogP contribution in [0.15, 0.2) is 47.4 Å². The standard InChI is InChI=1S/C17H17ClN2O3S/c1-24(22,23)13-6-7-14(18)15(10-13)19-17(21)11-20-9-8-12-4-2-3-5-16(12)20/h2-7,10H,8-9,11H2,1H3,(H,19,21). The van der Waals surface area contributed by atoms with Gasteiger partial charge in [-0.25, -0.2) is 8.42 Å². The number of sulfone groups is 1. The van der Waals surface area contributed by atoms with E-state index in [-0.39, 0.29) is 17.3 Å². The van der Waals surface area contributed by atoms with Gasteiger partial charge >= 0.3 is 0 Å². The molecule has 0 unspecified atom stereocenters. The van der Waals surface area contributed by atoms with Gasteiger partial charge in [0, 0.05) is 18.5 Å². The van der Waals surface area contributed by atoms with Crippen LogP contribution in [0.2, 0.25) is 5.02 Å². The van der Waals surface area contributed by atoms with Gasteiger partial charge in [-0.05, 0) is 36.2 Å². The largest absolute Gasteiger partial charge is 0.362 e. The van der Waals surface area contributed by atoms with Crippen LogP contribution in [-0.2, 0) is 21.1 Å². The van der Waals surface area contributed by atoms with Gasteiger partial charge in [0.2, 0.25) is 5.91 Å². The summed E-state index contributed by atoms with van der Waals surface area (Å²) in [6, 6.07) is 12.3. The summed E-state index contributed by atoms with van der Waals surface area (Å²) in [7, 11) is -3.36. The van der Waals surface area contributed by atoms with Crippen LogP contribution >= 0.6 is 11.6 Å². The number of anilines is 2. The Bertz CT molecular complexity index is 896. The van der Waals surface area contributed by atoms with Crippen molar-refractivity contribution in [2.45, 2.75) is 11.3 Å². The number of benzene rings is 2. The molecule has 0 saturated carbocycles. The van der Waals surface area contributed by atoms with Gasteiger partial charge in [0.05, 0.1) is 22.2 Å². The van der Waals surface area contributed by atoms with Crippen LogP contribution in [0.1, 0.15) is 5.56 Å². The molecule has 0 aromatic heterocycles. The van der Waals surface area contributed by atoms with Gasteiger partial charge in [0.15, 0.2) is 9.84 Å². The van der Waals surface area contributed by atoms with Crippen molar-refractivity contribution in [3.05, 3.63) is 53.1 Å². The summed E-state index contributed by atoms with van der Waals surface area (Å²) in [6.07, 6.45) is 2.02. The van der Waals surface area contributed by atoms with E-state index in [1.165, 1.54) is 23.8 Å². The van der Waals surface area contributed by atoms with Gasteiger partial charge in [-0.15, -0.1) is 0 Å². The number of fused-ring (bicyclic) bond motifs is 1. The normalized spacial score (nSPS) is 13.7. The molecule has 2 aromatic rings. The summed E-state index contributed by atoms with van der Waals surface area (Å²) in [5, 5.41) is 3.01. The molecule has 0 bridgehead atoms. The molecule has 2 aromatic carbocycles. The first-order valence-electron chi connectivity index (χ1n) is 7.47. The molecule has 1 heterocycles. The predicted octanol–water partition coefficient (Wildman–Crippen LogP) is 2.74. The second-order valence-corrected chi connectivity index (χ2v) is 8.19. The number of amides is 1. The van der Waals surface area contributed by atoms with E-state index < -0.39 is 9.84 Å². The Kier molecular flexibility index (Phi) is 4.51. The van der Waals surface area contributed by atoms with Gasteiger partial charge in [-0.3, -0.25) is 4.79 Å². The van der Waals surface area contributed by atoms with Crippen LogP contribution < -0.4 is 10.2 Å². The number of carbonyl (C=O) groups is 1. The molecule has 1 amide bonds. The fourth-order valence-electron chi connectivity index (χ4n) is 2.76. The molecule has 0 saturated heterocycles. The number of hydrogen-bond acceptors (Lipinski definition) is 4. The predicted molar refractivity (Wildman–Crippen MR) is 95.6 cm³/mol. The van der Waals surface area contributed by atoms with E-state index in [2.05, 4.69) is 11.4 Å². The highest BCUT2D eigenvalue weighted by molar-refractivity contribution is 7.90. The molecule has 0 fully saturated rings. The monoisotopic (exact) mass is 364 g/mol. The zero-order valence-corrected chi connectivity index (χ0v) is 14.7. The van der Waals surface area contributed by atoms with Crippen molar-refractivity contribution >= 4 is 38.7 Å². The van der Waals surface area contributed by atoms with Crippen molar-refractivity contribution in [2.24, 2.45) is 0 Å². The Morgan fingerprint density at radius 2 is 2.00 bits per heavy atom. The van der Waals surface area contributed by atoms with Crippen LogP contribution in [0.5, 0.6) is 0 Å². The molecule has 1 aliphatic rings. The van der Waals surface area contributed by atoms with Crippen LogP contribution in [0.3, 0.4) is 0 Å². The molecule has 3 rings (SSSR count). The van der Waals surface area contributed by atoms with Gasteiger partial charge in [-0.2, -0.15) is 0 Å². The number of carbonyl (C=O) groups excluding carboxylic acids is 1. The number of nitrogens with one attached hydrogen (secondary N) is 1. The van der Waals surface area contributed by atoms with E-state index in [0.29, 0.717) is 10.7 Å².